The molecule has 25 heavy (non-hydrogen) atoms. The van der Waals surface area contributed by atoms with Gasteiger partial charge in [0.05, 0.1) is 12.2 Å². The lowest BCUT2D eigenvalue weighted by molar-refractivity contribution is -0.135. The van der Waals surface area contributed by atoms with Crippen molar-refractivity contribution in [1.29, 1.82) is 0 Å². The van der Waals surface area contributed by atoms with Crippen LogP contribution in [-0.4, -0.2) is 41.8 Å². The van der Waals surface area contributed by atoms with Crippen LogP contribution in [0, 0.1) is 5.82 Å². The normalized spacial score (nSPS) is 15.1. The highest BCUT2D eigenvalue weighted by atomic mass is 32.1. The van der Waals surface area contributed by atoms with E-state index in [9.17, 15) is 9.18 Å². The topological polar surface area (TPSA) is 36.4 Å². The fraction of sp³-hybridized carbons (Fsp3) is 0.474. The fourth-order valence-corrected chi connectivity index (χ4v) is 4.50. The Labute approximate surface area is 152 Å². The quantitative estimate of drug-likeness (QED) is 0.819. The highest BCUT2D eigenvalue weighted by molar-refractivity contribution is 7.11. The minimum atomic E-state index is -0.638. The summed E-state index contributed by atoms with van der Waals surface area (Å²) in [6, 6.07) is 5.83. The van der Waals surface area contributed by atoms with Crippen molar-refractivity contribution in [2.24, 2.45) is 0 Å². The van der Waals surface area contributed by atoms with Gasteiger partial charge in [0.15, 0.2) is 0 Å². The molecule has 1 aliphatic rings. The molecule has 4 nitrogen and oxygen atoms in total. The molecule has 0 saturated carbocycles. The smallest absolute Gasteiger partial charge is 0.244 e. The van der Waals surface area contributed by atoms with E-state index in [0.717, 1.165) is 17.8 Å². The van der Waals surface area contributed by atoms with Gasteiger partial charge in [0.1, 0.15) is 16.9 Å². The summed E-state index contributed by atoms with van der Waals surface area (Å²) < 4.78 is 14.2. The van der Waals surface area contributed by atoms with E-state index in [1.807, 2.05) is 0 Å². The highest BCUT2D eigenvalue weighted by Gasteiger charge is 2.29. The molecule has 1 aromatic heterocycles. The summed E-state index contributed by atoms with van der Waals surface area (Å²) in [6.07, 6.45) is 4.56. The Morgan fingerprint density at radius 2 is 1.96 bits per heavy atom. The van der Waals surface area contributed by atoms with Crippen LogP contribution in [0.25, 0.3) is 0 Å². The van der Waals surface area contributed by atoms with E-state index in [4.69, 9.17) is 4.98 Å². The van der Waals surface area contributed by atoms with Crippen LogP contribution in [0.2, 0.25) is 0 Å². The number of aryl methyl sites for hydroxylation is 2. The molecular weight excluding hydrogens is 337 g/mol. The number of rotatable bonds is 5. The van der Waals surface area contributed by atoms with Gasteiger partial charge >= 0.3 is 0 Å². The Hall–Kier alpha value is -1.79. The number of hydrogen-bond acceptors (Lipinski definition) is 4. The first kappa shape index (κ1) is 18.0. The molecule has 0 N–H and O–H groups in total. The summed E-state index contributed by atoms with van der Waals surface area (Å²) in [7, 11) is 5.36. The van der Waals surface area contributed by atoms with Gasteiger partial charge < -0.3 is 4.90 Å². The Bertz CT molecular complexity index is 735. The molecule has 1 heterocycles. The number of thiazole rings is 1. The molecule has 0 bridgehead atoms. The summed E-state index contributed by atoms with van der Waals surface area (Å²) in [6.45, 7) is 0.468. The van der Waals surface area contributed by atoms with Crippen LogP contribution in [-0.2, 0) is 24.2 Å². The number of benzene rings is 1. The number of amides is 1. The molecule has 0 radical (unpaired) electrons. The lowest BCUT2D eigenvalue weighted by Gasteiger charge is -2.28. The van der Waals surface area contributed by atoms with Crippen molar-refractivity contribution in [2.45, 2.75) is 38.3 Å². The van der Waals surface area contributed by atoms with Crippen molar-refractivity contribution in [3.05, 3.63) is 51.2 Å². The molecule has 134 valence electrons. The van der Waals surface area contributed by atoms with Gasteiger partial charge in [-0.2, -0.15) is 0 Å². The number of nitrogens with zero attached hydrogens (tertiary/aromatic N) is 3. The van der Waals surface area contributed by atoms with Gasteiger partial charge in [0.25, 0.3) is 0 Å². The molecule has 2 aromatic rings. The third kappa shape index (κ3) is 3.90. The molecule has 1 atom stereocenters. The summed E-state index contributed by atoms with van der Waals surface area (Å²) in [4.78, 5) is 22.5. The molecular formula is C19H24FN3OS. The number of aromatic nitrogens is 1. The van der Waals surface area contributed by atoms with Gasteiger partial charge in [0, 0.05) is 17.5 Å². The van der Waals surface area contributed by atoms with Gasteiger partial charge in [-0.05, 0) is 45.8 Å². The molecule has 0 saturated heterocycles. The highest BCUT2D eigenvalue weighted by Crippen LogP contribution is 2.28. The van der Waals surface area contributed by atoms with Gasteiger partial charge in [-0.3, -0.25) is 9.69 Å². The van der Waals surface area contributed by atoms with Crippen LogP contribution in [0.3, 0.4) is 0 Å². The molecule has 0 aliphatic heterocycles. The van der Waals surface area contributed by atoms with E-state index in [1.165, 1.54) is 29.5 Å². The van der Waals surface area contributed by atoms with Gasteiger partial charge in [-0.15, -0.1) is 11.3 Å². The molecule has 1 unspecified atom stereocenters. The Kier molecular flexibility index (Phi) is 5.49. The maximum atomic E-state index is 14.2. The Balaban J connectivity index is 1.78. The zero-order valence-electron chi connectivity index (χ0n) is 15.0. The van der Waals surface area contributed by atoms with E-state index >= 15 is 0 Å². The van der Waals surface area contributed by atoms with Crippen LogP contribution in [0.15, 0.2) is 24.3 Å². The second-order valence-electron chi connectivity index (χ2n) is 6.77. The lowest BCUT2D eigenvalue weighted by atomic mass is 10.0. The lowest BCUT2D eigenvalue weighted by Crippen LogP contribution is -2.38. The van der Waals surface area contributed by atoms with Crippen molar-refractivity contribution >= 4 is 17.2 Å². The van der Waals surface area contributed by atoms with Crippen molar-refractivity contribution in [2.75, 3.05) is 21.1 Å². The van der Waals surface area contributed by atoms with Crippen molar-refractivity contribution in [1.82, 2.24) is 14.8 Å². The molecule has 3 rings (SSSR count). The third-order valence-corrected chi connectivity index (χ3v) is 5.73. The van der Waals surface area contributed by atoms with E-state index in [2.05, 4.69) is 0 Å². The predicted octanol–water partition coefficient (Wildman–Crippen LogP) is 3.42. The number of carbonyl (C=O) groups excluding carboxylic acids is 1. The van der Waals surface area contributed by atoms with Gasteiger partial charge in [-0.1, -0.05) is 18.2 Å². The zero-order chi connectivity index (χ0) is 18.0. The van der Waals surface area contributed by atoms with Crippen LogP contribution < -0.4 is 0 Å². The summed E-state index contributed by atoms with van der Waals surface area (Å²) in [5.41, 5.74) is 1.60. The second kappa shape index (κ2) is 7.62. The minimum absolute atomic E-state index is 0.122. The predicted molar refractivity (Wildman–Crippen MR) is 98.1 cm³/mol. The monoisotopic (exact) mass is 361 g/mol. The van der Waals surface area contributed by atoms with E-state index in [1.54, 1.807) is 60.5 Å². The number of likely N-dealkylation sites (N-methyl/N-ethyl adjacent to an activating group) is 2. The van der Waals surface area contributed by atoms with Crippen LogP contribution in [0.5, 0.6) is 0 Å². The summed E-state index contributed by atoms with van der Waals surface area (Å²) in [5, 5.41) is 0.966. The van der Waals surface area contributed by atoms with Gasteiger partial charge in [-0.25, -0.2) is 9.37 Å². The molecule has 1 aliphatic carbocycles. The number of fused-ring (bicyclic) bond motifs is 1. The summed E-state index contributed by atoms with van der Waals surface area (Å²) >= 11 is 1.71. The van der Waals surface area contributed by atoms with E-state index < -0.39 is 6.04 Å². The van der Waals surface area contributed by atoms with Gasteiger partial charge in [0.2, 0.25) is 5.91 Å². The first-order valence-corrected chi connectivity index (χ1v) is 9.42. The molecule has 1 aromatic carbocycles. The Morgan fingerprint density at radius 3 is 2.64 bits per heavy atom. The van der Waals surface area contributed by atoms with Crippen LogP contribution in [0.1, 0.15) is 40.0 Å². The molecule has 1 amide bonds. The number of carbonyl (C=O) groups is 1. The minimum Gasteiger partial charge on any atom is -0.337 e. The third-order valence-electron chi connectivity index (χ3n) is 4.59. The van der Waals surface area contributed by atoms with Crippen LogP contribution >= 0.6 is 11.3 Å². The van der Waals surface area contributed by atoms with Crippen molar-refractivity contribution in [3.63, 3.8) is 0 Å². The first-order chi connectivity index (χ1) is 12.0. The molecule has 0 fully saturated rings. The zero-order valence-corrected chi connectivity index (χ0v) is 15.8. The number of hydrogen-bond donors (Lipinski definition) is 0. The SMILES string of the molecule is CN(Cc1nc2c(s1)CCCC2)C(=O)C(c1ccccc1F)N(C)C. The summed E-state index contributed by atoms with van der Waals surface area (Å²) in [5.74, 6) is -0.476. The second-order valence-corrected chi connectivity index (χ2v) is 7.93. The van der Waals surface area contributed by atoms with Crippen LogP contribution in [0.4, 0.5) is 4.39 Å². The maximum Gasteiger partial charge on any atom is 0.244 e. The fourth-order valence-electron chi connectivity index (χ4n) is 3.29. The Morgan fingerprint density at radius 1 is 1.24 bits per heavy atom. The van der Waals surface area contributed by atoms with E-state index in [-0.39, 0.29) is 11.7 Å². The van der Waals surface area contributed by atoms with Crippen molar-refractivity contribution < 1.29 is 9.18 Å². The van der Waals surface area contributed by atoms with E-state index in [0.29, 0.717) is 12.1 Å². The molecule has 6 heteroatoms. The first-order valence-electron chi connectivity index (χ1n) is 8.60. The average molecular weight is 361 g/mol. The standard InChI is InChI=1S/C19H24FN3OS/c1-22(2)18(13-8-4-5-9-14(13)20)19(24)23(3)12-17-21-15-10-6-7-11-16(15)25-17/h4-5,8-9,18H,6-7,10-12H2,1-3H3. The van der Waals surface area contributed by atoms with Crippen molar-refractivity contribution in [3.8, 4) is 0 Å². The maximum absolute atomic E-state index is 14.2. The average Bonchev–Trinajstić information content (AvgIpc) is 2.98. The molecule has 0 spiro atoms. The largest absolute Gasteiger partial charge is 0.337 e. The number of halogens is 1.